The van der Waals surface area contributed by atoms with E-state index in [-0.39, 0.29) is 12.5 Å². The minimum absolute atomic E-state index is 0.0689. The van der Waals surface area contributed by atoms with Crippen molar-refractivity contribution in [3.63, 3.8) is 0 Å². The molecule has 3 aromatic carbocycles. The average molecular weight is 537 g/mol. The predicted octanol–water partition coefficient (Wildman–Crippen LogP) is 5.79. The Morgan fingerprint density at radius 3 is 2.68 bits per heavy atom. The van der Waals surface area contributed by atoms with Crippen LogP contribution in [0, 0.1) is 0 Å². The van der Waals surface area contributed by atoms with E-state index in [1.165, 1.54) is 0 Å². The molecule has 0 aromatic heterocycles. The molecule has 2 aliphatic rings. The largest absolute Gasteiger partial charge is 0.494 e. The number of carbonyl (C=O) groups is 1. The zero-order valence-corrected chi connectivity index (χ0v) is 21.6. The van der Waals surface area contributed by atoms with Crippen LogP contribution in [0.3, 0.4) is 0 Å². The summed E-state index contributed by atoms with van der Waals surface area (Å²) in [7, 11) is 0. The second-order valence-corrected chi connectivity index (χ2v) is 9.81. The van der Waals surface area contributed by atoms with Gasteiger partial charge in [-0.1, -0.05) is 53.5 Å². The Morgan fingerprint density at radius 1 is 1.16 bits per heavy atom. The summed E-state index contributed by atoms with van der Waals surface area (Å²) in [6.45, 7) is 4.68. The van der Waals surface area contributed by atoms with E-state index in [4.69, 9.17) is 42.8 Å². The molecule has 0 unspecified atom stereocenters. The molecule has 6 nitrogen and oxygen atoms in total. The highest BCUT2D eigenvalue weighted by Crippen LogP contribution is 2.49. The predicted molar refractivity (Wildman–Crippen MR) is 146 cm³/mol. The van der Waals surface area contributed by atoms with E-state index in [0.717, 1.165) is 11.3 Å². The molecule has 0 saturated carbocycles. The topological polar surface area (TPSA) is 71.4 Å². The van der Waals surface area contributed by atoms with Crippen LogP contribution in [0.25, 0.3) is 0 Å². The highest BCUT2D eigenvalue weighted by atomic mass is 35.5. The number of ether oxygens (including phenoxy) is 2. The Labute approximate surface area is 225 Å². The molecule has 2 atom stereocenters. The van der Waals surface area contributed by atoms with Crippen LogP contribution in [0.1, 0.15) is 29.2 Å². The van der Waals surface area contributed by atoms with Gasteiger partial charge in [0.15, 0.2) is 11.6 Å². The highest BCUT2D eigenvalue weighted by molar-refractivity contribution is 6.35. The molecule has 1 spiro atoms. The summed E-state index contributed by atoms with van der Waals surface area (Å²) in [5.74, 6) is 0.841. The van der Waals surface area contributed by atoms with Gasteiger partial charge >= 0.3 is 0 Å². The lowest BCUT2D eigenvalue weighted by Crippen LogP contribution is -2.55. The Kier molecular flexibility index (Phi) is 7.24. The summed E-state index contributed by atoms with van der Waals surface area (Å²) in [5, 5.41) is 9.87. The van der Waals surface area contributed by atoms with Crippen molar-refractivity contribution in [2.45, 2.75) is 24.5 Å². The molecule has 37 heavy (non-hydrogen) atoms. The summed E-state index contributed by atoms with van der Waals surface area (Å²) in [4.78, 5) is 20.9. The minimum Gasteiger partial charge on any atom is -0.494 e. The number of aliphatic hydroxyl groups excluding tert-OH is 1. The van der Waals surface area contributed by atoms with E-state index in [1.54, 1.807) is 29.2 Å². The maximum atomic E-state index is 14.2. The number of para-hydroxylation sites is 1. The second kappa shape index (κ2) is 10.6. The number of carbonyl (C=O) groups excluding carboxylic acids is 1. The number of benzene rings is 3. The first-order chi connectivity index (χ1) is 18.0. The van der Waals surface area contributed by atoms with Gasteiger partial charge in [0.2, 0.25) is 5.90 Å². The van der Waals surface area contributed by atoms with E-state index in [1.807, 2.05) is 48.5 Å². The molecule has 2 aliphatic heterocycles. The maximum Gasteiger partial charge on any atom is 0.259 e. The number of aliphatic imine (C=N–C) groups is 1. The van der Waals surface area contributed by atoms with Crippen molar-refractivity contribution in [2.24, 2.45) is 4.99 Å². The highest BCUT2D eigenvalue weighted by Gasteiger charge is 2.57. The van der Waals surface area contributed by atoms with E-state index >= 15 is 0 Å². The zero-order chi connectivity index (χ0) is 26.0. The van der Waals surface area contributed by atoms with Crippen molar-refractivity contribution in [1.82, 2.24) is 0 Å². The first-order valence-electron chi connectivity index (χ1n) is 12.0. The monoisotopic (exact) mass is 536 g/mol. The standard InChI is InChI=1S/C29H26Cl2N2O4/c1-2-14-33-25-7-4-3-6-20(25)18-29(28(33)35)26(23-13-10-21(30)17-24(23)31)37-27(32-29)19-8-11-22(12-9-19)36-16-5-15-34/h2-4,6-13,17,26,34H,1,5,14-16,18H2/t26-,29-/m1/s1. The third kappa shape index (κ3) is 4.73. The number of hydrogen-bond acceptors (Lipinski definition) is 5. The van der Waals surface area contributed by atoms with Gasteiger partial charge < -0.3 is 19.5 Å². The molecular formula is C29H26Cl2N2O4. The number of aliphatic hydroxyl groups is 1. The van der Waals surface area contributed by atoms with Crippen LogP contribution in [-0.4, -0.2) is 42.2 Å². The number of halogens is 2. The Hall–Kier alpha value is -3.32. The van der Waals surface area contributed by atoms with Gasteiger partial charge in [0.25, 0.3) is 5.91 Å². The van der Waals surface area contributed by atoms with Crippen LogP contribution >= 0.6 is 23.2 Å². The first-order valence-corrected chi connectivity index (χ1v) is 12.8. The fourth-order valence-corrected chi connectivity index (χ4v) is 5.33. The molecular weight excluding hydrogens is 511 g/mol. The van der Waals surface area contributed by atoms with Gasteiger partial charge in [0, 0.05) is 52.9 Å². The molecule has 2 heterocycles. The van der Waals surface area contributed by atoms with Crippen molar-refractivity contribution in [3.8, 4) is 5.75 Å². The van der Waals surface area contributed by atoms with E-state index < -0.39 is 11.6 Å². The van der Waals surface area contributed by atoms with Crippen LogP contribution in [0.4, 0.5) is 5.69 Å². The first kappa shape index (κ1) is 25.3. The SMILES string of the molecule is C=CCN1C(=O)[C@]2(Cc3ccccc31)N=C(c1ccc(OCCCO)cc1)O[C@@H]2c1ccc(Cl)cc1Cl. The molecule has 0 aliphatic carbocycles. The molecule has 0 radical (unpaired) electrons. The van der Waals surface area contributed by atoms with Crippen LogP contribution in [0.2, 0.25) is 10.0 Å². The molecule has 3 aromatic rings. The van der Waals surface area contributed by atoms with Gasteiger partial charge in [-0.15, -0.1) is 6.58 Å². The lowest BCUT2D eigenvalue weighted by atomic mass is 9.78. The number of amides is 1. The second-order valence-electron chi connectivity index (χ2n) is 8.96. The normalized spacial score (nSPS) is 20.4. The summed E-state index contributed by atoms with van der Waals surface area (Å²) in [5.41, 5.74) is 1.91. The average Bonchev–Trinajstić information content (AvgIpc) is 3.27. The molecule has 0 bridgehead atoms. The van der Waals surface area contributed by atoms with Gasteiger partial charge in [0.1, 0.15) is 5.75 Å². The Balaban J connectivity index is 1.60. The Morgan fingerprint density at radius 2 is 1.95 bits per heavy atom. The summed E-state index contributed by atoms with van der Waals surface area (Å²) in [6.07, 6.45) is 1.84. The van der Waals surface area contributed by atoms with Crippen molar-refractivity contribution < 1.29 is 19.4 Å². The fraction of sp³-hybridized carbons (Fsp3) is 0.241. The molecule has 190 valence electrons. The van der Waals surface area contributed by atoms with E-state index in [2.05, 4.69) is 6.58 Å². The minimum atomic E-state index is -1.26. The number of rotatable bonds is 8. The fourth-order valence-electron chi connectivity index (χ4n) is 4.83. The van der Waals surface area contributed by atoms with Gasteiger partial charge in [-0.25, -0.2) is 4.99 Å². The maximum absolute atomic E-state index is 14.2. The van der Waals surface area contributed by atoms with Gasteiger partial charge in [-0.3, -0.25) is 4.79 Å². The van der Waals surface area contributed by atoms with E-state index in [0.29, 0.717) is 58.8 Å². The quantitative estimate of drug-likeness (QED) is 0.292. The smallest absolute Gasteiger partial charge is 0.259 e. The number of fused-ring (bicyclic) bond motifs is 1. The molecule has 8 heteroatoms. The Bertz CT molecular complexity index is 1360. The van der Waals surface area contributed by atoms with Crippen LogP contribution in [0.15, 0.2) is 84.4 Å². The summed E-state index contributed by atoms with van der Waals surface area (Å²) in [6, 6.07) is 20.3. The zero-order valence-electron chi connectivity index (χ0n) is 20.1. The third-order valence-corrected chi connectivity index (χ3v) is 7.11. The third-order valence-electron chi connectivity index (χ3n) is 6.55. The lowest BCUT2D eigenvalue weighted by molar-refractivity contribution is -0.126. The van der Waals surface area contributed by atoms with Crippen LogP contribution in [-0.2, 0) is 16.0 Å². The van der Waals surface area contributed by atoms with Gasteiger partial charge in [0.05, 0.1) is 6.61 Å². The molecule has 0 saturated heterocycles. The molecule has 0 fully saturated rings. The van der Waals surface area contributed by atoms with Crippen molar-refractivity contribution in [2.75, 3.05) is 24.7 Å². The van der Waals surface area contributed by atoms with Gasteiger partial charge in [-0.05, 0) is 48.0 Å². The molecule has 5 rings (SSSR count). The number of anilines is 1. The number of hydrogen-bond donors (Lipinski definition) is 1. The lowest BCUT2D eigenvalue weighted by Gasteiger charge is -2.40. The summed E-state index contributed by atoms with van der Waals surface area (Å²) < 4.78 is 12.1. The molecule has 1 N–H and O–H groups in total. The summed E-state index contributed by atoms with van der Waals surface area (Å²) >= 11 is 12.8. The van der Waals surface area contributed by atoms with Crippen molar-refractivity contribution in [3.05, 3.63) is 106 Å². The van der Waals surface area contributed by atoms with Gasteiger partial charge in [-0.2, -0.15) is 0 Å². The van der Waals surface area contributed by atoms with Crippen LogP contribution in [0.5, 0.6) is 5.75 Å². The van der Waals surface area contributed by atoms with Crippen LogP contribution < -0.4 is 9.64 Å². The number of nitrogens with zero attached hydrogens (tertiary/aromatic N) is 2. The molecule has 1 amide bonds. The van der Waals surface area contributed by atoms with Crippen molar-refractivity contribution in [1.29, 1.82) is 0 Å². The van der Waals surface area contributed by atoms with E-state index in [9.17, 15) is 4.79 Å². The van der Waals surface area contributed by atoms with Crippen molar-refractivity contribution >= 4 is 40.7 Å².